The number of fused-ring (bicyclic) bond motifs is 4. The predicted molar refractivity (Wildman–Crippen MR) is 109 cm³/mol. The lowest BCUT2D eigenvalue weighted by Crippen LogP contribution is -2.54. The molecule has 31 heavy (non-hydrogen) atoms. The third kappa shape index (κ3) is 3.20. The summed E-state index contributed by atoms with van der Waals surface area (Å²) in [6, 6.07) is 7.99. The minimum Gasteiger partial charge on any atom is -0.344 e. The van der Waals surface area contributed by atoms with Gasteiger partial charge < -0.3 is 33.2 Å². The highest BCUT2D eigenvalue weighted by Gasteiger charge is 2.66. The first-order valence-electron chi connectivity index (χ1n) is 11.0. The van der Waals surface area contributed by atoms with Gasteiger partial charge in [-0.1, -0.05) is 18.2 Å². The van der Waals surface area contributed by atoms with Crippen molar-refractivity contribution in [2.24, 2.45) is 4.99 Å². The summed E-state index contributed by atoms with van der Waals surface area (Å²) >= 11 is 0. The Morgan fingerprint density at radius 3 is 2.39 bits per heavy atom. The predicted octanol–water partition coefficient (Wildman–Crippen LogP) is 3.33. The molecule has 1 spiro atoms. The molecule has 6 rings (SSSR count). The largest absolute Gasteiger partial charge is 0.344 e. The lowest BCUT2D eigenvalue weighted by Gasteiger charge is -2.41. The highest BCUT2D eigenvalue weighted by atomic mass is 16.9. The molecule has 0 N–H and O–H groups in total. The molecular formula is C23H29NO7. The fourth-order valence-electron chi connectivity index (χ4n) is 5.24. The van der Waals surface area contributed by atoms with E-state index in [1.807, 2.05) is 58.9 Å². The summed E-state index contributed by atoms with van der Waals surface area (Å²) in [5.74, 6) is -2.52. The molecule has 8 nitrogen and oxygen atoms in total. The Morgan fingerprint density at radius 2 is 1.58 bits per heavy atom. The van der Waals surface area contributed by atoms with Crippen LogP contribution in [0.4, 0.5) is 5.69 Å². The molecule has 1 aromatic rings. The number of benzene rings is 1. The maximum Gasteiger partial charge on any atom is 0.214 e. The molecule has 5 fully saturated rings. The van der Waals surface area contributed by atoms with Crippen LogP contribution in [0.5, 0.6) is 0 Å². The highest BCUT2D eigenvalue weighted by molar-refractivity contribution is 5.99. The van der Waals surface area contributed by atoms with Crippen LogP contribution in [-0.4, -0.2) is 60.1 Å². The van der Waals surface area contributed by atoms with Gasteiger partial charge >= 0.3 is 0 Å². The Kier molecular flexibility index (Phi) is 4.29. The minimum absolute atomic E-state index is 0.112. The summed E-state index contributed by atoms with van der Waals surface area (Å²) in [4.78, 5) is 5.02. The molecule has 1 aromatic carbocycles. The smallest absolute Gasteiger partial charge is 0.214 e. The third-order valence-electron chi connectivity index (χ3n) is 6.55. The zero-order valence-electron chi connectivity index (χ0n) is 18.5. The molecule has 168 valence electrons. The van der Waals surface area contributed by atoms with E-state index in [9.17, 15) is 0 Å². The summed E-state index contributed by atoms with van der Waals surface area (Å²) < 4.78 is 43.5. The van der Waals surface area contributed by atoms with Crippen LogP contribution >= 0.6 is 0 Å². The van der Waals surface area contributed by atoms with Crippen molar-refractivity contribution in [3.8, 4) is 0 Å². The molecule has 5 saturated heterocycles. The molecular weight excluding hydrogens is 402 g/mol. The lowest BCUT2D eigenvalue weighted by molar-refractivity contribution is -0.315. The van der Waals surface area contributed by atoms with E-state index in [0.29, 0.717) is 12.1 Å². The number of para-hydroxylation sites is 1. The van der Waals surface area contributed by atoms with Crippen LogP contribution < -0.4 is 0 Å². The van der Waals surface area contributed by atoms with Crippen LogP contribution in [0.2, 0.25) is 0 Å². The Hall–Kier alpha value is -1.39. The summed E-state index contributed by atoms with van der Waals surface area (Å²) in [5, 5.41) is 0. The van der Waals surface area contributed by atoms with Crippen molar-refractivity contribution in [1.82, 2.24) is 0 Å². The molecule has 8 heteroatoms. The topological polar surface area (TPSA) is 77.0 Å². The fraction of sp³-hybridized carbons (Fsp3) is 0.696. The van der Waals surface area contributed by atoms with Crippen LogP contribution in [0.15, 0.2) is 29.3 Å². The van der Waals surface area contributed by atoms with E-state index in [0.717, 1.165) is 17.7 Å². The molecule has 5 aliphatic heterocycles. The van der Waals surface area contributed by atoms with Gasteiger partial charge in [0.25, 0.3) is 0 Å². The Balaban J connectivity index is 1.37. The van der Waals surface area contributed by atoms with Gasteiger partial charge in [0.05, 0.1) is 11.8 Å². The third-order valence-corrected chi connectivity index (χ3v) is 6.55. The van der Waals surface area contributed by atoms with E-state index in [2.05, 4.69) is 0 Å². The van der Waals surface area contributed by atoms with Crippen molar-refractivity contribution in [2.75, 3.05) is 0 Å². The number of rotatable bonds is 1. The molecule has 5 aliphatic rings. The first-order chi connectivity index (χ1) is 14.6. The van der Waals surface area contributed by atoms with Crippen molar-refractivity contribution in [2.45, 2.75) is 102 Å². The van der Waals surface area contributed by atoms with Gasteiger partial charge in [-0.05, 0) is 52.7 Å². The fourth-order valence-corrected chi connectivity index (χ4v) is 5.24. The standard InChI is InChI=1S/C23H29NO7/c1-12-8-6-7-9-13(12)24-18-17-20(30-22(4,5)27-17)31-23(18)11-10-14-15(28-23)16-19(25-14)29-21(2,3)26-16/h6-9,14-17,19-20H,10-11H2,1-5H3/t14-,15+,16+,17+,19+,20-,23-/m0/s1. The summed E-state index contributed by atoms with van der Waals surface area (Å²) in [5.41, 5.74) is 2.64. The maximum absolute atomic E-state index is 6.65. The van der Waals surface area contributed by atoms with E-state index in [1.54, 1.807) is 0 Å². The van der Waals surface area contributed by atoms with Crippen LogP contribution in [0, 0.1) is 6.92 Å². The molecule has 0 amide bonds. The first-order valence-corrected chi connectivity index (χ1v) is 11.0. The molecule has 0 radical (unpaired) electrons. The van der Waals surface area contributed by atoms with Crippen LogP contribution in [0.25, 0.3) is 0 Å². The monoisotopic (exact) mass is 431 g/mol. The summed E-state index contributed by atoms with van der Waals surface area (Å²) in [7, 11) is 0. The van der Waals surface area contributed by atoms with Crippen LogP contribution in [0.3, 0.4) is 0 Å². The SMILES string of the molecule is Cc1ccccc1N=C1[C@H]2OC(C)(C)O[C@H]2O[C@@]12CC[C@@H]1O[C@@H]3OC(C)(C)O[C@@H]3[C@@H]1O2. The molecule has 0 bridgehead atoms. The molecule has 0 aliphatic carbocycles. The summed E-state index contributed by atoms with van der Waals surface area (Å²) in [6.07, 6.45) is -0.898. The molecule has 5 heterocycles. The van der Waals surface area contributed by atoms with E-state index in [4.69, 9.17) is 38.2 Å². The normalized spacial score (nSPS) is 45.8. The first kappa shape index (κ1) is 20.2. The number of ether oxygens (including phenoxy) is 7. The molecule has 0 saturated carbocycles. The van der Waals surface area contributed by atoms with Gasteiger partial charge in [-0.2, -0.15) is 0 Å². The number of nitrogens with zero attached hydrogens (tertiary/aromatic N) is 1. The zero-order valence-corrected chi connectivity index (χ0v) is 18.5. The maximum atomic E-state index is 6.65. The number of hydrogen-bond acceptors (Lipinski definition) is 8. The van der Waals surface area contributed by atoms with E-state index >= 15 is 0 Å². The molecule has 0 aromatic heterocycles. The van der Waals surface area contributed by atoms with Gasteiger partial charge in [-0.25, -0.2) is 4.99 Å². The van der Waals surface area contributed by atoms with Gasteiger partial charge in [0.15, 0.2) is 30.3 Å². The van der Waals surface area contributed by atoms with Crippen molar-refractivity contribution < 1.29 is 33.2 Å². The average Bonchev–Trinajstić information content (AvgIpc) is 3.33. The van der Waals surface area contributed by atoms with Gasteiger partial charge in [0.2, 0.25) is 5.79 Å². The van der Waals surface area contributed by atoms with Crippen molar-refractivity contribution in [3.05, 3.63) is 29.8 Å². The Morgan fingerprint density at radius 1 is 0.839 bits per heavy atom. The lowest BCUT2D eigenvalue weighted by atomic mass is 9.93. The molecule has 0 unspecified atom stereocenters. The van der Waals surface area contributed by atoms with Gasteiger partial charge in [0.1, 0.15) is 17.9 Å². The van der Waals surface area contributed by atoms with Crippen LogP contribution in [-0.2, 0) is 33.2 Å². The number of hydrogen-bond donors (Lipinski definition) is 0. The number of aliphatic imine (C=N–C) groups is 1. The van der Waals surface area contributed by atoms with E-state index < -0.39 is 36.0 Å². The van der Waals surface area contributed by atoms with Crippen molar-refractivity contribution >= 4 is 11.4 Å². The average molecular weight is 431 g/mol. The van der Waals surface area contributed by atoms with Gasteiger partial charge in [0, 0.05) is 6.42 Å². The minimum atomic E-state index is -1.05. The second-order valence-electron chi connectivity index (χ2n) is 9.84. The second-order valence-corrected chi connectivity index (χ2v) is 9.84. The highest BCUT2D eigenvalue weighted by Crippen LogP contribution is 2.51. The quantitative estimate of drug-likeness (QED) is 0.675. The van der Waals surface area contributed by atoms with Crippen LogP contribution in [0.1, 0.15) is 46.1 Å². The Labute approximate surface area is 181 Å². The van der Waals surface area contributed by atoms with Crippen molar-refractivity contribution in [1.29, 1.82) is 0 Å². The zero-order chi connectivity index (χ0) is 21.6. The van der Waals surface area contributed by atoms with E-state index in [-0.39, 0.29) is 18.3 Å². The second kappa shape index (κ2) is 6.57. The van der Waals surface area contributed by atoms with E-state index in [1.165, 1.54) is 0 Å². The van der Waals surface area contributed by atoms with Gasteiger partial charge in [-0.15, -0.1) is 0 Å². The van der Waals surface area contributed by atoms with Crippen molar-refractivity contribution in [3.63, 3.8) is 0 Å². The molecule has 7 atom stereocenters. The summed E-state index contributed by atoms with van der Waals surface area (Å²) in [6.45, 7) is 9.56. The van der Waals surface area contributed by atoms with Gasteiger partial charge in [-0.3, -0.25) is 0 Å². The number of aryl methyl sites for hydroxylation is 1. The Bertz CT molecular complexity index is 930.